The molecule has 2 fully saturated rings. The zero-order chi connectivity index (χ0) is 29.5. The molecule has 11 heteroatoms. The van der Waals surface area contributed by atoms with Gasteiger partial charge in [0.2, 0.25) is 0 Å². The molecule has 0 atom stereocenters. The van der Waals surface area contributed by atoms with Gasteiger partial charge >= 0.3 is 6.09 Å². The number of fused-ring (bicyclic) bond motifs is 1. The van der Waals surface area contributed by atoms with E-state index in [9.17, 15) is 18.4 Å². The molecular weight excluding hydrogens is 542 g/mol. The molecule has 0 radical (unpaired) electrons. The molecule has 2 aliphatic rings. The molecule has 0 spiro atoms. The average Bonchev–Trinajstić information content (AvgIpc) is 3.02. The lowest BCUT2D eigenvalue weighted by atomic mass is 9.82. The summed E-state index contributed by atoms with van der Waals surface area (Å²) in [6.07, 6.45) is 1.94. The van der Waals surface area contributed by atoms with Crippen LogP contribution in [0.25, 0.3) is 22.2 Å². The van der Waals surface area contributed by atoms with Crippen LogP contribution in [0.3, 0.4) is 0 Å². The van der Waals surface area contributed by atoms with Crippen LogP contribution in [0.4, 0.5) is 19.4 Å². The maximum absolute atomic E-state index is 13.4. The molecular formula is C31H38F2N6O3. The predicted octanol–water partition coefficient (Wildman–Crippen LogP) is 4.58. The van der Waals surface area contributed by atoms with Crippen LogP contribution in [0.15, 0.2) is 48.7 Å². The zero-order valence-electron chi connectivity index (χ0n) is 23.9. The molecule has 9 nitrogen and oxygen atoms in total. The monoisotopic (exact) mass is 580 g/mol. The van der Waals surface area contributed by atoms with Crippen molar-refractivity contribution in [2.75, 3.05) is 57.8 Å². The number of likely N-dealkylation sites (N-methyl/N-ethyl adjacent to an activating group) is 1. The molecule has 1 aliphatic heterocycles. The maximum Gasteiger partial charge on any atom is 0.407 e. The Balaban J connectivity index is 1.18. The van der Waals surface area contributed by atoms with E-state index in [-0.39, 0.29) is 11.8 Å². The van der Waals surface area contributed by atoms with Crippen LogP contribution in [-0.2, 0) is 4.74 Å². The number of carbonyl (C=O) groups is 2. The van der Waals surface area contributed by atoms with Crippen molar-refractivity contribution in [3.05, 3.63) is 54.2 Å². The van der Waals surface area contributed by atoms with Crippen molar-refractivity contribution >= 4 is 28.7 Å². The van der Waals surface area contributed by atoms with Crippen molar-refractivity contribution < 1.29 is 23.1 Å². The van der Waals surface area contributed by atoms with Gasteiger partial charge in [-0.15, -0.1) is 0 Å². The van der Waals surface area contributed by atoms with Gasteiger partial charge in [0.05, 0.1) is 16.8 Å². The van der Waals surface area contributed by atoms with Gasteiger partial charge in [-0.1, -0.05) is 18.2 Å². The van der Waals surface area contributed by atoms with Crippen molar-refractivity contribution in [3.8, 4) is 11.3 Å². The Morgan fingerprint density at radius 2 is 1.67 bits per heavy atom. The number of pyridine rings is 2. The SMILES string of the molecule is CN1CCN(c2ccc(-c3cc(C(=O)NCC4CCC(CNC(=O)OCC(F)F)CC4)c4ccccc4n3)cn2)CC1. The molecule has 1 aliphatic carbocycles. The first-order chi connectivity index (χ1) is 20.4. The largest absolute Gasteiger partial charge is 0.443 e. The van der Waals surface area contributed by atoms with Gasteiger partial charge in [0, 0.05) is 56.4 Å². The summed E-state index contributed by atoms with van der Waals surface area (Å²) in [5, 5.41) is 6.51. The standard InChI is InChI=1S/C31H38F2N6O3/c1-38-12-14-39(15-13-38)29-11-10-23(19-34-29)27-16-25(24-4-2-3-5-26(24)37-27)30(40)35-17-21-6-8-22(9-7-21)18-36-31(41)42-20-28(32)33/h2-5,10-11,16,19,21-22,28H,6-9,12-15,17-18,20H2,1H3,(H,35,40)(H,36,41). The second-order valence-electron chi connectivity index (χ2n) is 11.2. The van der Waals surface area contributed by atoms with Crippen LogP contribution in [0.2, 0.25) is 0 Å². The summed E-state index contributed by atoms with van der Waals surface area (Å²) in [5.41, 5.74) is 2.90. The van der Waals surface area contributed by atoms with E-state index in [0.717, 1.165) is 74.1 Å². The van der Waals surface area contributed by atoms with E-state index in [1.54, 1.807) is 0 Å². The molecule has 1 aromatic carbocycles. The van der Waals surface area contributed by atoms with Crippen molar-refractivity contribution in [2.45, 2.75) is 32.1 Å². The highest BCUT2D eigenvalue weighted by atomic mass is 19.3. The van der Waals surface area contributed by atoms with E-state index in [2.05, 4.69) is 32.2 Å². The highest BCUT2D eigenvalue weighted by Gasteiger charge is 2.23. The van der Waals surface area contributed by atoms with Gasteiger partial charge in [0.1, 0.15) is 5.82 Å². The van der Waals surface area contributed by atoms with E-state index in [1.165, 1.54) is 0 Å². The Morgan fingerprint density at radius 3 is 2.33 bits per heavy atom. The minimum absolute atomic E-state index is 0.137. The number of hydrogen-bond acceptors (Lipinski definition) is 7. The Hall–Kier alpha value is -3.86. The van der Waals surface area contributed by atoms with E-state index in [0.29, 0.717) is 30.3 Å². The number of para-hydroxylation sites is 1. The molecule has 42 heavy (non-hydrogen) atoms. The Labute approximate surface area is 244 Å². The molecule has 0 bridgehead atoms. The summed E-state index contributed by atoms with van der Waals surface area (Å²) in [5.74, 6) is 1.40. The van der Waals surface area contributed by atoms with Crippen molar-refractivity contribution in [1.82, 2.24) is 25.5 Å². The third kappa shape index (κ3) is 7.70. The van der Waals surface area contributed by atoms with Crippen molar-refractivity contribution in [3.63, 3.8) is 0 Å². The summed E-state index contributed by atoms with van der Waals surface area (Å²) in [4.78, 5) is 39.1. The lowest BCUT2D eigenvalue weighted by molar-refractivity contribution is 0.0482. The molecule has 3 heterocycles. The van der Waals surface area contributed by atoms with Gasteiger partial charge in [0.25, 0.3) is 12.3 Å². The Bertz CT molecular complexity index is 1360. The quantitative estimate of drug-likeness (QED) is 0.382. The molecule has 2 aromatic heterocycles. The predicted molar refractivity (Wildman–Crippen MR) is 158 cm³/mol. The van der Waals surface area contributed by atoms with Crippen LogP contribution >= 0.6 is 0 Å². The number of amides is 2. The number of alkyl halides is 2. The van der Waals surface area contributed by atoms with Crippen LogP contribution in [0.5, 0.6) is 0 Å². The molecule has 3 aromatic rings. The first-order valence-electron chi connectivity index (χ1n) is 14.6. The summed E-state index contributed by atoms with van der Waals surface area (Å²) in [6.45, 7) is 3.97. The number of nitrogens with one attached hydrogen (secondary N) is 2. The number of aromatic nitrogens is 2. The molecule has 2 N–H and O–H groups in total. The van der Waals surface area contributed by atoms with Gasteiger partial charge in [-0.25, -0.2) is 23.5 Å². The number of anilines is 1. The number of carbonyl (C=O) groups excluding carboxylic acids is 2. The summed E-state index contributed by atoms with van der Waals surface area (Å²) in [7, 11) is 2.13. The van der Waals surface area contributed by atoms with Crippen molar-refractivity contribution in [2.24, 2.45) is 11.8 Å². The highest BCUT2D eigenvalue weighted by Crippen LogP contribution is 2.29. The van der Waals surface area contributed by atoms with Gasteiger partial charge in [-0.05, 0) is 68.8 Å². The summed E-state index contributed by atoms with van der Waals surface area (Å²) < 4.78 is 28.8. The fraction of sp³-hybridized carbons (Fsp3) is 0.484. The fourth-order valence-corrected chi connectivity index (χ4v) is 5.66. The number of nitrogens with zero attached hydrogens (tertiary/aromatic N) is 4. The number of rotatable bonds is 9. The van der Waals surface area contributed by atoms with Gasteiger partial charge in [-0.3, -0.25) is 4.79 Å². The number of alkyl carbamates (subject to hydrolysis) is 1. The average molecular weight is 581 g/mol. The normalized spacial score (nSPS) is 19.6. The minimum atomic E-state index is -2.67. The molecule has 0 unspecified atom stereocenters. The number of benzene rings is 1. The minimum Gasteiger partial charge on any atom is -0.443 e. The van der Waals surface area contributed by atoms with Crippen LogP contribution < -0.4 is 15.5 Å². The second-order valence-corrected chi connectivity index (χ2v) is 11.2. The third-order valence-corrected chi connectivity index (χ3v) is 8.22. The lowest BCUT2D eigenvalue weighted by Gasteiger charge is -2.33. The second kappa shape index (κ2) is 13.9. The van der Waals surface area contributed by atoms with E-state index >= 15 is 0 Å². The molecule has 1 saturated heterocycles. The first kappa shape index (κ1) is 29.6. The smallest absolute Gasteiger partial charge is 0.407 e. The molecule has 224 valence electrons. The topological polar surface area (TPSA) is 99.7 Å². The zero-order valence-corrected chi connectivity index (χ0v) is 23.9. The number of hydrogen-bond donors (Lipinski definition) is 2. The lowest BCUT2D eigenvalue weighted by Crippen LogP contribution is -2.44. The summed E-state index contributed by atoms with van der Waals surface area (Å²) >= 11 is 0. The van der Waals surface area contributed by atoms with Gasteiger partial charge in [-0.2, -0.15) is 0 Å². The Kier molecular flexibility index (Phi) is 9.78. The third-order valence-electron chi connectivity index (χ3n) is 8.22. The van der Waals surface area contributed by atoms with Crippen LogP contribution in [0.1, 0.15) is 36.0 Å². The van der Waals surface area contributed by atoms with E-state index < -0.39 is 19.1 Å². The first-order valence-corrected chi connectivity index (χ1v) is 14.6. The number of piperazine rings is 1. The van der Waals surface area contributed by atoms with E-state index in [1.807, 2.05) is 48.7 Å². The van der Waals surface area contributed by atoms with E-state index in [4.69, 9.17) is 9.97 Å². The van der Waals surface area contributed by atoms with Crippen LogP contribution in [0, 0.1) is 11.8 Å². The van der Waals surface area contributed by atoms with Gasteiger partial charge in [0.15, 0.2) is 6.61 Å². The van der Waals surface area contributed by atoms with Crippen LogP contribution in [-0.4, -0.2) is 86.2 Å². The molecule has 1 saturated carbocycles. The fourth-order valence-electron chi connectivity index (χ4n) is 5.66. The van der Waals surface area contributed by atoms with Gasteiger partial charge < -0.3 is 25.2 Å². The molecule has 2 amide bonds. The van der Waals surface area contributed by atoms with Crippen molar-refractivity contribution in [1.29, 1.82) is 0 Å². The Morgan fingerprint density at radius 1 is 0.976 bits per heavy atom. The molecule has 5 rings (SSSR count). The maximum atomic E-state index is 13.4. The number of ether oxygens (including phenoxy) is 1. The highest BCUT2D eigenvalue weighted by molar-refractivity contribution is 6.07. The summed E-state index contributed by atoms with van der Waals surface area (Å²) in [6, 6.07) is 13.5. The number of halogens is 2.